The van der Waals surface area contributed by atoms with Crippen LogP contribution in [-0.2, 0) is 0 Å². The van der Waals surface area contributed by atoms with Gasteiger partial charge >= 0.3 is 0 Å². The molecular formula is C26H47NO. The second-order valence-corrected chi connectivity index (χ2v) is 8.57. The number of para-hydroxylation sites is 2. The minimum Gasteiger partial charge on any atom is -0.506 e. The molecule has 2 nitrogen and oxygen atoms in total. The topological polar surface area (TPSA) is 32.3 Å². The zero-order valence-electron chi connectivity index (χ0n) is 18.9. The van der Waals surface area contributed by atoms with Crippen LogP contribution in [0.2, 0.25) is 0 Å². The van der Waals surface area contributed by atoms with Crippen LogP contribution < -0.4 is 5.32 Å². The summed E-state index contributed by atoms with van der Waals surface area (Å²) in [6.45, 7) is 5.54. The summed E-state index contributed by atoms with van der Waals surface area (Å²) < 4.78 is 0. The SMILES string of the molecule is CCCCCCCCC(CCCCCCCC)CCCNc1ccccc1O. The second kappa shape index (κ2) is 17.9. The Kier molecular flexibility index (Phi) is 15.9. The molecular weight excluding hydrogens is 342 g/mol. The monoisotopic (exact) mass is 389 g/mol. The van der Waals surface area contributed by atoms with E-state index < -0.39 is 0 Å². The number of phenolic OH excluding ortho intramolecular Hbond substituents is 1. The third kappa shape index (κ3) is 13.1. The lowest BCUT2D eigenvalue weighted by Crippen LogP contribution is -2.07. The number of unbranched alkanes of at least 4 members (excludes halogenated alkanes) is 10. The van der Waals surface area contributed by atoms with Gasteiger partial charge in [0.2, 0.25) is 0 Å². The van der Waals surface area contributed by atoms with Crippen LogP contribution >= 0.6 is 0 Å². The molecule has 0 aromatic heterocycles. The van der Waals surface area contributed by atoms with E-state index in [0.717, 1.165) is 18.2 Å². The van der Waals surface area contributed by atoms with E-state index in [1.807, 2.05) is 18.2 Å². The Morgan fingerprint density at radius 2 is 1.18 bits per heavy atom. The van der Waals surface area contributed by atoms with Crippen molar-refractivity contribution in [1.82, 2.24) is 0 Å². The largest absolute Gasteiger partial charge is 0.506 e. The number of hydrogen-bond acceptors (Lipinski definition) is 2. The lowest BCUT2D eigenvalue weighted by molar-refractivity contribution is 0.375. The van der Waals surface area contributed by atoms with Crippen LogP contribution in [0.1, 0.15) is 117 Å². The lowest BCUT2D eigenvalue weighted by Gasteiger charge is -2.17. The Balaban J connectivity index is 2.23. The van der Waals surface area contributed by atoms with Crippen molar-refractivity contribution < 1.29 is 5.11 Å². The average Bonchev–Trinajstić information content (AvgIpc) is 2.71. The maximum Gasteiger partial charge on any atom is 0.138 e. The molecule has 1 aromatic rings. The van der Waals surface area contributed by atoms with Crippen LogP contribution in [0, 0.1) is 5.92 Å². The highest BCUT2D eigenvalue weighted by molar-refractivity contribution is 5.54. The van der Waals surface area contributed by atoms with Gasteiger partial charge in [-0.15, -0.1) is 0 Å². The van der Waals surface area contributed by atoms with Crippen LogP contribution in [0.5, 0.6) is 5.75 Å². The minimum atomic E-state index is 0.359. The Hall–Kier alpha value is -1.18. The van der Waals surface area contributed by atoms with Crippen molar-refractivity contribution in [2.75, 3.05) is 11.9 Å². The van der Waals surface area contributed by atoms with E-state index >= 15 is 0 Å². The third-order valence-corrected chi connectivity index (χ3v) is 5.94. The highest BCUT2D eigenvalue weighted by Crippen LogP contribution is 2.25. The average molecular weight is 390 g/mol. The van der Waals surface area contributed by atoms with Gasteiger partial charge in [-0.1, -0.05) is 116 Å². The van der Waals surface area contributed by atoms with Crippen molar-refractivity contribution in [2.45, 2.75) is 117 Å². The minimum absolute atomic E-state index is 0.359. The molecule has 0 radical (unpaired) electrons. The first-order valence-electron chi connectivity index (χ1n) is 12.3. The predicted molar refractivity (Wildman–Crippen MR) is 125 cm³/mol. The lowest BCUT2D eigenvalue weighted by atomic mass is 9.90. The fourth-order valence-corrected chi connectivity index (χ4v) is 4.10. The molecule has 0 aliphatic heterocycles. The number of hydrogen-bond donors (Lipinski definition) is 2. The number of phenols is 1. The number of nitrogens with one attached hydrogen (secondary N) is 1. The van der Waals surface area contributed by atoms with Gasteiger partial charge in [0.15, 0.2) is 0 Å². The van der Waals surface area contributed by atoms with Gasteiger partial charge in [-0.3, -0.25) is 0 Å². The van der Waals surface area contributed by atoms with Crippen LogP contribution in [0.15, 0.2) is 24.3 Å². The van der Waals surface area contributed by atoms with Crippen LogP contribution in [0.3, 0.4) is 0 Å². The first kappa shape index (κ1) is 24.9. The fourth-order valence-electron chi connectivity index (χ4n) is 4.10. The summed E-state index contributed by atoms with van der Waals surface area (Å²) >= 11 is 0. The maximum atomic E-state index is 9.87. The molecule has 1 rings (SSSR count). The van der Waals surface area contributed by atoms with Crippen LogP contribution in [-0.4, -0.2) is 11.7 Å². The molecule has 2 N–H and O–H groups in total. The normalized spacial score (nSPS) is 11.2. The molecule has 162 valence electrons. The summed E-state index contributed by atoms with van der Waals surface area (Å²) in [6.07, 6.45) is 22.2. The first-order valence-corrected chi connectivity index (χ1v) is 12.3. The second-order valence-electron chi connectivity index (χ2n) is 8.57. The van der Waals surface area contributed by atoms with E-state index in [2.05, 4.69) is 19.2 Å². The van der Waals surface area contributed by atoms with Crippen molar-refractivity contribution in [1.29, 1.82) is 0 Å². The zero-order valence-corrected chi connectivity index (χ0v) is 18.9. The van der Waals surface area contributed by atoms with E-state index in [0.29, 0.717) is 5.75 Å². The highest BCUT2D eigenvalue weighted by atomic mass is 16.3. The Labute approximate surface area is 175 Å². The molecule has 0 aliphatic rings. The van der Waals surface area contributed by atoms with Crippen molar-refractivity contribution >= 4 is 5.69 Å². The molecule has 0 heterocycles. The van der Waals surface area contributed by atoms with Gasteiger partial charge < -0.3 is 10.4 Å². The summed E-state index contributed by atoms with van der Waals surface area (Å²) in [5.41, 5.74) is 0.867. The molecule has 0 unspecified atom stereocenters. The molecule has 0 fully saturated rings. The van der Waals surface area contributed by atoms with Crippen molar-refractivity contribution in [2.24, 2.45) is 5.92 Å². The van der Waals surface area contributed by atoms with Gasteiger partial charge in [-0.25, -0.2) is 0 Å². The predicted octanol–water partition coefficient (Wildman–Crippen LogP) is 8.70. The molecule has 0 atom stereocenters. The Bertz CT molecular complexity index is 444. The zero-order chi connectivity index (χ0) is 20.3. The third-order valence-electron chi connectivity index (χ3n) is 5.94. The molecule has 2 heteroatoms. The van der Waals surface area contributed by atoms with Crippen molar-refractivity contribution in [3.05, 3.63) is 24.3 Å². The maximum absolute atomic E-state index is 9.87. The van der Waals surface area contributed by atoms with Crippen LogP contribution in [0.4, 0.5) is 5.69 Å². The fraction of sp³-hybridized carbons (Fsp3) is 0.769. The molecule has 0 bridgehead atoms. The molecule has 1 aromatic carbocycles. The highest BCUT2D eigenvalue weighted by Gasteiger charge is 2.09. The van der Waals surface area contributed by atoms with Gasteiger partial charge in [0.25, 0.3) is 0 Å². The summed E-state index contributed by atoms with van der Waals surface area (Å²) in [5.74, 6) is 1.25. The number of aromatic hydroxyl groups is 1. The Morgan fingerprint density at radius 1 is 0.679 bits per heavy atom. The van der Waals surface area contributed by atoms with Gasteiger partial charge in [-0.2, -0.15) is 0 Å². The van der Waals surface area contributed by atoms with E-state index in [1.165, 1.54) is 103 Å². The molecule has 0 spiro atoms. The van der Waals surface area contributed by atoms with E-state index in [-0.39, 0.29) is 0 Å². The van der Waals surface area contributed by atoms with Gasteiger partial charge in [0, 0.05) is 6.54 Å². The standard InChI is InChI=1S/C26H47NO/c1-3-5-7-9-11-13-18-24(19-14-12-10-8-6-4-2)20-17-23-27-25-21-15-16-22-26(25)28/h15-16,21-22,24,27-28H,3-14,17-20,23H2,1-2H3. The molecule has 0 saturated heterocycles. The van der Waals surface area contributed by atoms with Crippen LogP contribution in [0.25, 0.3) is 0 Å². The summed E-state index contributed by atoms with van der Waals surface area (Å²) in [4.78, 5) is 0. The number of benzene rings is 1. The van der Waals surface area contributed by atoms with Crippen molar-refractivity contribution in [3.63, 3.8) is 0 Å². The smallest absolute Gasteiger partial charge is 0.138 e. The summed E-state index contributed by atoms with van der Waals surface area (Å²) in [7, 11) is 0. The van der Waals surface area contributed by atoms with Gasteiger partial charge in [0.1, 0.15) is 5.75 Å². The quantitative estimate of drug-likeness (QED) is 0.183. The van der Waals surface area contributed by atoms with E-state index in [9.17, 15) is 5.11 Å². The Morgan fingerprint density at radius 3 is 1.75 bits per heavy atom. The molecule has 0 aliphatic carbocycles. The number of rotatable bonds is 19. The molecule has 0 amide bonds. The summed E-state index contributed by atoms with van der Waals surface area (Å²) in [5, 5.41) is 13.3. The first-order chi connectivity index (χ1) is 13.8. The molecule has 28 heavy (non-hydrogen) atoms. The number of anilines is 1. The van der Waals surface area contributed by atoms with Gasteiger partial charge in [0.05, 0.1) is 5.69 Å². The summed E-state index contributed by atoms with van der Waals surface area (Å²) in [6, 6.07) is 7.56. The van der Waals surface area contributed by atoms with E-state index in [4.69, 9.17) is 0 Å². The van der Waals surface area contributed by atoms with E-state index in [1.54, 1.807) is 6.07 Å². The molecule has 0 saturated carbocycles. The van der Waals surface area contributed by atoms with Gasteiger partial charge in [-0.05, 0) is 30.9 Å². The van der Waals surface area contributed by atoms with Crippen molar-refractivity contribution in [3.8, 4) is 5.75 Å².